The topological polar surface area (TPSA) is 307 Å². The number of aromatic nitrogens is 7. The molecule has 0 aliphatic carbocycles. The van der Waals surface area contributed by atoms with Crippen LogP contribution in [0.1, 0.15) is 69.8 Å². The number of allylic oxidation sites excluding steroid dienone is 1. The fourth-order valence-corrected chi connectivity index (χ4v) is 11.3. The van der Waals surface area contributed by atoms with Gasteiger partial charge in [0.15, 0.2) is 59.4 Å². The first-order valence-electron chi connectivity index (χ1n) is 28.3. The Kier molecular flexibility index (Phi) is 19.8. The molecule has 5 aromatic heterocycles. The molecule has 0 unspecified atom stereocenters. The van der Waals surface area contributed by atoms with E-state index < -0.39 is 23.5 Å². The van der Waals surface area contributed by atoms with Crippen molar-refractivity contribution in [1.82, 2.24) is 45.1 Å². The lowest BCUT2D eigenvalue weighted by atomic mass is 10.0. The van der Waals surface area contributed by atoms with E-state index in [0.717, 1.165) is 40.2 Å². The van der Waals surface area contributed by atoms with Crippen molar-refractivity contribution < 1.29 is 79.8 Å². The molecule has 0 atom stereocenters. The highest BCUT2D eigenvalue weighted by Gasteiger charge is 2.32. The van der Waals surface area contributed by atoms with Crippen molar-refractivity contribution in [2.45, 2.75) is 27.7 Å². The number of anilines is 2. The third-order valence-electron chi connectivity index (χ3n) is 15.5. The van der Waals surface area contributed by atoms with Gasteiger partial charge in [-0.25, -0.2) is 9.59 Å². The fraction of sp³-hybridized carbons (Fsp3) is 0.231. The number of halogens is 4. The number of H-pyrrole nitrogens is 3. The predicted octanol–water partition coefficient (Wildman–Crippen LogP) is 11.8. The van der Waals surface area contributed by atoms with Crippen molar-refractivity contribution in [2.24, 2.45) is 14.1 Å². The highest BCUT2D eigenvalue weighted by Crippen LogP contribution is 2.46. The SMILES string of the molecule is CNC(=O)Nc1ccc2c(c1)C(=O)/C(=C/c1c(-c3c(C)nn(C)c3C)[nH]c3c(OC)c(F)c(OC)cc13)O2.CNC(=O)Nc1ccc2c(c1)C(=O)CO2.COc1cc2c(C=O)c(-c3c(C)nn(C)c3C)[nH]c2c(OC)c1F.COc1cc2c(C=O)c(Br)[nH]c2c(OC)c1F. The van der Waals surface area contributed by atoms with E-state index in [9.17, 15) is 37.5 Å². The summed E-state index contributed by atoms with van der Waals surface area (Å²) in [5, 5.41) is 20.7. The number of methoxy groups -OCH3 is 6. The maximum Gasteiger partial charge on any atom is 0.318 e. The maximum absolute atomic E-state index is 15.1. The van der Waals surface area contributed by atoms with Gasteiger partial charge in [-0.05, 0) is 104 Å². The second-order valence-electron chi connectivity index (χ2n) is 20.8. The second kappa shape index (κ2) is 27.7. The average Bonchev–Trinajstić information content (AvgIpc) is 1.59. The van der Waals surface area contributed by atoms with Crippen LogP contribution in [0.5, 0.6) is 46.0 Å². The van der Waals surface area contributed by atoms with Crippen LogP contribution in [0, 0.1) is 45.1 Å². The number of amides is 4. The molecule has 5 aromatic carbocycles. The van der Waals surface area contributed by atoms with E-state index in [1.165, 1.54) is 68.9 Å². The minimum absolute atomic E-state index is 0.00829. The van der Waals surface area contributed by atoms with Crippen LogP contribution >= 0.6 is 15.9 Å². The summed E-state index contributed by atoms with van der Waals surface area (Å²) in [4.78, 5) is 79.5. The van der Waals surface area contributed by atoms with Crippen molar-refractivity contribution in [2.75, 3.05) is 74.0 Å². The molecule has 2 aliphatic rings. The normalized spacial score (nSPS) is 12.3. The van der Waals surface area contributed by atoms with Crippen LogP contribution in [0.25, 0.3) is 61.3 Å². The van der Waals surface area contributed by atoms with Gasteiger partial charge in [-0.1, -0.05) is 0 Å². The Balaban J connectivity index is 0.000000159. The maximum atomic E-state index is 15.1. The summed E-state index contributed by atoms with van der Waals surface area (Å²) in [6, 6.07) is 13.6. The minimum atomic E-state index is -0.647. The number of ketones is 2. The largest absolute Gasteiger partial charge is 0.494 e. The van der Waals surface area contributed by atoms with Gasteiger partial charge in [-0.3, -0.25) is 28.5 Å². The number of aldehydes is 2. The molecule has 0 spiro atoms. The van der Waals surface area contributed by atoms with Gasteiger partial charge in [0.25, 0.3) is 0 Å². The molecule has 0 saturated heterocycles. The lowest BCUT2D eigenvalue weighted by Gasteiger charge is -2.08. The van der Waals surface area contributed by atoms with Crippen molar-refractivity contribution in [3.8, 4) is 68.5 Å². The minimum Gasteiger partial charge on any atom is -0.494 e. The standard InChI is InChI=1S/C27H26FN5O5.C17H18FN3O3.C11H9BrFNO3.C10H10N2O3/c1-12-21(13(2)33(4)32-12)23-15(16-10-19(36-5)22(28)26(37-6)24(16)31-23)11-20-25(34)17-9-14(30-27(35)29-3)7-8-18(17)38-20;1-8-13(9(2)21(3)20-8)15-11(7-22)10-6-12(23-4)14(18)17(24-5)16(10)19-15;1-16-7-3-5-6(4-15)11(12)14-9(5)10(17-2)8(7)13;1-11-10(14)12-6-2-3-9-7(4-6)8(13)5-15-9/h7-11,31H,1-6H3,(H2,29,30,35);6-7,19H,1-5H3;3-4,14H,1-2H3;2-4H,5H2,1H3,(H2,11,12,14)/b20-11-;;;. The van der Waals surface area contributed by atoms with Crippen molar-refractivity contribution in [3.63, 3.8) is 0 Å². The van der Waals surface area contributed by atoms with E-state index in [-0.39, 0.29) is 64.5 Å². The van der Waals surface area contributed by atoms with Crippen LogP contribution in [0.2, 0.25) is 0 Å². The van der Waals surface area contributed by atoms with Gasteiger partial charge in [-0.15, -0.1) is 0 Å². The zero-order valence-corrected chi connectivity index (χ0v) is 54.7. The van der Waals surface area contributed by atoms with Gasteiger partial charge in [0.1, 0.15) is 11.5 Å². The Labute approximate surface area is 542 Å². The van der Waals surface area contributed by atoms with E-state index in [0.29, 0.717) is 106 Å². The molecule has 7 N–H and O–H groups in total. The van der Waals surface area contributed by atoms with Crippen molar-refractivity contribution in [3.05, 3.63) is 133 Å². The smallest absolute Gasteiger partial charge is 0.318 e. The Hall–Kier alpha value is -11.2. The summed E-state index contributed by atoms with van der Waals surface area (Å²) in [6.07, 6.45) is 3.04. The number of benzene rings is 5. The van der Waals surface area contributed by atoms with Crippen LogP contribution in [0.15, 0.2) is 65.0 Å². The molecule has 0 fully saturated rings. The summed E-state index contributed by atoms with van der Waals surface area (Å²) in [5.74, 6) is -1.22. The summed E-state index contributed by atoms with van der Waals surface area (Å²) in [7, 11) is 14.9. The molecule has 0 bridgehead atoms. The number of fused-ring (bicyclic) bond motifs is 5. The molecule has 7 heterocycles. The van der Waals surface area contributed by atoms with E-state index in [4.69, 9.17) is 37.9 Å². The number of aryl methyl sites for hydroxylation is 4. The number of Topliss-reactive ketones (excluding diaryl/α,β-unsaturated/α-hetero) is 2. The fourth-order valence-electron chi connectivity index (χ4n) is 10.8. The lowest BCUT2D eigenvalue weighted by Crippen LogP contribution is -2.24. The number of rotatable bonds is 13. The number of urea groups is 2. The highest BCUT2D eigenvalue weighted by molar-refractivity contribution is 9.10. The average molecular weight is 1360 g/mol. The summed E-state index contributed by atoms with van der Waals surface area (Å²) >= 11 is 3.20. The van der Waals surface area contributed by atoms with E-state index in [2.05, 4.69) is 62.3 Å². The second-order valence-corrected chi connectivity index (χ2v) is 21.6. The first kappa shape index (κ1) is 67.2. The van der Waals surface area contributed by atoms with Gasteiger partial charge in [0.05, 0.1) is 103 Å². The molecule has 0 saturated carbocycles. The molecule has 12 rings (SSSR count). The number of hydrogen-bond acceptors (Lipinski definition) is 16. The lowest BCUT2D eigenvalue weighted by molar-refractivity contribution is 0.0959. The Morgan fingerprint density at radius 3 is 1.41 bits per heavy atom. The third-order valence-corrected chi connectivity index (χ3v) is 16.1. The number of nitrogens with zero attached hydrogens (tertiary/aromatic N) is 4. The van der Waals surface area contributed by atoms with E-state index >= 15 is 4.39 Å². The van der Waals surface area contributed by atoms with Gasteiger partial charge < -0.3 is 74.1 Å². The zero-order chi connectivity index (χ0) is 68.3. The molecule has 10 aromatic rings. The van der Waals surface area contributed by atoms with Crippen molar-refractivity contribution >= 4 is 102 Å². The number of aromatic amines is 3. The molecule has 29 heteroatoms. The molecule has 4 amide bonds. The molecule has 2 aliphatic heterocycles. The van der Waals surface area contributed by atoms with Crippen molar-refractivity contribution in [1.29, 1.82) is 0 Å². The molecular formula is C65H63BrF3N11O14. The van der Waals surface area contributed by atoms with Gasteiger partial charge in [-0.2, -0.15) is 23.4 Å². The molecule has 94 heavy (non-hydrogen) atoms. The van der Waals surface area contributed by atoms with Gasteiger partial charge in [0, 0.05) is 89.4 Å². The number of ether oxygens (including phenoxy) is 8. The molecule has 25 nitrogen and oxygen atoms in total. The first-order chi connectivity index (χ1) is 45.0. The van der Waals surface area contributed by atoms with Crippen LogP contribution in [0.3, 0.4) is 0 Å². The van der Waals surface area contributed by atoms with Crippen LogP contribution < -0.4 is 59.2 Å². The van der Waals surface area contributed by atoms with Crippen LogP contribution in [0.4, 0.5) is 34.1 Å². The van der Waals surface area contributed by atoms with Crippen LogP contribution in [-0.4, -0.2) is 134 Å². The number of nitrogens with one attached hydrogen (secondary N) is 7. The predicted molar refractivity (Wildman–Crippen MR) is 348 cm³/mol. The molecule has 0 radical (unpaired) electrons. The monoisotopic (exact) mass is 1360 g/mol. The Morgan fingerprint density at radius 1 is 0.585 bits per heavy atom. The quantitative estimate of drug-likeness (QED) is 0.0417. The summed E-state index contributed by atoms with van der Waals surface area (Å²) in [5.41, 5.74) is 10.6. The number of hydrogen-bond donors (Lipinski definition) is 7. The van der Waals surface area contributed by atoms with Gasteiger partial charge >= 0.3 is 12.1 Å². The van der Waals surface area contributed by atoms with E-state index in [1.54, 1.807) is 57.9 Å². The molecular weight excluding hydrogens is 1300 g/mol. The third kappa shape index (κ3) is 12.4. The van der Waals surface area contributed by atoms with E-state index in [1.807, 2.05) is 41.8 Å². The number of carbonyl (C=O) groups excluding carboxylic acids is 6. The highest BCUT2D eigenvalue weighted by atomic mass is 79.9. The summed E-state index contributed by atoms with van der Waals surface area (Å²) in [6.45, 7) is 7.65. The Morgan fingerprint density at radius 2 is 1.00 bits per heavy atom. The van der Waals surface area contributed by atoms with Gasteiger partial charge in [0.2, 0.25) is 29.0 Å². The molecule has 490 valence electrons. The Bertz CT molecular complexity index is 4750. The number of carbonyl (C=O) groups is 6. The van der Waals surface area contributed by atoms with Crippen LogP contribution in [-0.2, 0) is 14.1 Å². The first-order valence-corrected chi connectivity index (χ1v) is 29.1. The summed E-state index contributed by atoms with van der Waals surface area (Å²) < 4.78 is 89.2. The zero-order valence-electron chi connectivity index (χ0n) is 53.2.